The summed E-state index contributed by atoms with van der Waals surface area (Å²) in [6.45, 7) is 1.49. The molecule has 86 valence electrons. The van der Waals surface area contributed by atoms with E-state index in [0.717, 1.165) is 0 Å². The second kappa shape index (κ2) is 5.97. The van der Waals surface area contributed by atoms with Crippen LogP contribution in [0.25, 0.3) is 0 Å². The normalized spacial score (nSPS) is 11.9. The van der Waals surface area contributed by atoms with Crippen LogP contribution in [0.5, 0.6) is 0 Å². The summed E-state index contributed by atoms with van der Waals surface area (Å²) in [4.78, 5) is 32.7. The first kappa shape index (κ1) is 13.4. The van der Waals surface area contributed by atoms with Crippen molar-refractivity contribution < 1.29 is 24.6 Å². The minimum absolute atomic E-state index is 0.00502. The van der Waals surface area contributed by atoms with Crippen LogP contribution in [0, 0.1) is 0 Å². The lowest BCUT2D eigenvalue weighted by Gasteiger charge is -2.18. The number of rotatable bonds is 5. The molecule has 0 radical (unpaired) electrons. The first-order valence-electron chi connectivity index (χ1n) is 4.41. The van der Waals surface area contributed by atoms with Gasteiger partial charge in [0.25, 0.3) is 0 Å². The topological polar surface area (TPSA) is 121 Å². The van der Waals surface area contributed by atoms with Gasteiger partial charge in [-0.15, -0.1) is 0 Å². The first-order valence-corrected chi connectivity index (χ1v) is 4.41. The van der Waals surface area contributed by atoms with E-state index in [1.807, 2.05) is 0 Å². The number of carboxylic acid groups (broad SMARTS) is 2. The van der Waals surface area contributed by atoms with Gasteiger partial charge in [0.15, 0.2) is 0 Å². The molecule has 0 saturated carbocycles. The summed E-state index contributed by atoms with van der Waals surface area (Å²) >= 11 is 0. The van der Waals surface area contributed by atoms with Crippen LogP contribution in [0.2, 0.25) is 0 Å². The molecule has 7 heteroatoms. The van der Waals surface area contributed by atoms with Crippen molar-refractivity contribution in [1.29, 1.82) is 0 Å². The van der Waals surface area contributed by atoms with E-state index in [2.05, 4.69) is 0 Å². The molecular weight excluding hydrogens is 204 g/mol. The molecule has 0 fully saturated rings. The highest BCUT2D eigenvalue weighted by atomic mass is 16.4. The zero-order valence-electron chi connectivity index (χ0n) is 8.34. The second-order valence-electron chi connectivity index (χ2n) is 2.90. The molecule has 1 atom stereocenters. The summed E-state index contributed by atoms with van der Waals surface area (Å²) in [5.41, 5.74) is 5.36. The zero-order valence-corrected chi connectivity index (χ0v) is 8.34. The Bertz CT molecular complexity index is 266. The molecule has 0 aliphatic heterocycles. The third-order valence-electron chi connectivity index (χ3n) is 1.80. The van der Waals surface area contributed by atoms with Gasteiger partial charge in [0, 0.05) is 13.0 Å². The highest BCUT2D eigenvalue weighted by Crippen LogP contribution is 2.01. The Morgan fingerprint density at radius 3 is 2.20 bits per heavy atom. The van der Waals surface area contributed by atoms with Crippen LogP contribution in [0.4, 0.5) is 4.79 Å². The number of hydrogen-bond donors (Lipinski definition) is 3. The van der Waals surface area contributed by atoms with E-state index < -0.39 is 24.0 Å². The standard InChI is InChI=1S/C8H14N2O5/c1-2-10(8(14)15)7(13)5(9)3-4-6(11)12/h5H,2-4,9H2,1H3,(H,11,12)(H,14,15). The summed E-state index contributed by atoms with van der Waals surface area (Å²) in [6.07, 6.45) is -1.71. The number of amides is 2. The molecule has 0 aromatic carbocycles. The fraction of sp³-hybridized carbons (Fsp3) is 0.625. The summed E-state index contributed by atoms with van der Waals surface area (Å²) in [5.74, 6) is -1.84. The monoisotopic (exact) mass is 218 g/mol. The molecule has 0 heterocycles. The number of hydrogen-bond acceptors (Lipinski definition) is 4. The highest BCUT2D eigenvalue weighted by Gasteiger charge is 2.24. The van der Waals surface area contributed by atoms with Gasteiger partial charge in [0.1, 0.15) is 0 Å². The number of aliphatic carboxylic acids is 1. The van der Waals surface area contributed by atoms with E-state index in [1.165, 1.54) is 6.92 Å². The molecule has 1 unspecified atom stereocenters. The van der Waals surface area contributed by atoms with Crippen LogP contribution >= 0.6 is 0 Å². The van der Waals surface area contributed by atoms with Crippen LogP contribution in [-0.4, -0.2) is 45.7 Å². The minimum atomic E-state index is -1.38. The van der Waals surface area contributed by atoms with Gasteiger partial charge >= 0.3 is 12.1 Å². The first-order chi connectivity index (χ1) is 6.90. The third-order valence-corrected chi connectivity index (χ3v) is 1.80. The zero-order chi connectivity index (χ0) is 12.0. The highest BCUT2D eigenvalue weighted by molar-refractivity contribution is 5.94. The third kappa shape index (κ3) is 4.41. The van der Waals surface area contributed by atoms with Gasteiger partial charge in [0.05, 0.1) is 6.04 Å². The molecule has 0 aliphatic carbocycles. The van der Waals surface area contributed by atoms with Crippen LogP contribution in [0.3, 0.4) is 0 Å². The summed E-state index contributed by atoms with van der Waals surface area (Å²) in [6, 6.07) is -1.09. The van der Waals surface area contributed by atoms with Gasteiger partial charge in [-0.1, -0.05) is 0 Å². The molecule has 4 N–H and O–H groups in total. The average Bonchev–Trinajstić information content (AvgIpc) is 2.14. The molecule has 0 aromatic heterocycles. The lowest BCUT2D eigenvalue weighted by Crippen LogP contribution is -2.46. The number of nitrogens with zero attached hydrogens (tertiary/aromatic N) is 1. The number of imide groups is 1. The number of carboxylic acids is 1. The maximum atomic E-state index is 11.4. The Balaban J connectivity index is 4.28. The molecule has 0 bridgehead atoms. The largest absolute Gasteiger partial charge is 0.481 e. The Kier molecular flexibility index (Phi) is 5.32. The Labute approximate surface area is 86.5 Å². The van der Waals surface area contributed by atoms with E-state index >= 15 is 0 Å². The molecule has 7 nitrogen and oxygen atoms in total. The average molecular weight is 218 g/mol. The second-order valence-corrected chi connectivity index (χ2v) is 2.90. The van der Waals surface area contributed by atoms with E-state index in [1.54, 1.807) is 0 Å². The number of carbonyl (C=O) groups is 3. The van der Waals surface area contributed by atoms with Crippen LogP contribution in [0.1, 0.15) is 19.8 Å². The van der Waals surface area contributed by atoms with Gasteiger partial charge < -0.3 is 15.9 Å². The van der Waals surface area contributed by atoms with E-state index in [0.29, 0.717) is 4.90 Å². The Morgan fingerprint density at radius 1 is 1.33 bits per heavy atom. The van der Waals surface area contributed by atoms with Crippen molar-refractivity contribution in [2.75, 3.05) is 6.54 Å². The molecule has 0 spiro atoms. The lowest BCUT2D eigenvalue weighted by atomic mass is 10.1. The number of likely N-dealkylation sites (N-methyl/N-ethyl adjacent to an activating group) is 1. The van der Waals surface area contributed by atoms with Gasteiger partial charge in [0.2, 0.25) is 5.91 Å². The molecule has 2 amide bonds. The van der Waals surface area contributed by atoms with E-state index in [4.69, 9.17) is 15.9 Å². The molecule has 0 saturated heterocycles. The molecule has 0 aromatic rings. The van der Waals surface area contributed by atoms with Gasteiger partial charge in [-0.05, 0) is 13.3 Å². The maximum absolute atomic E-state index is 11.4. The Hall–Kier alpha value is -1.63. The van der Waals surface area contributed by atoms with Crippen LogP contribution in [-0.2, 0) is 9.59 Å². The quantitative estimate of drug-likeness (QED) is 0.582. The smallest absolute Gasteiger partial charge is 0.414 e. The number of carbonyl (C=O) groups excluding carboxylic acids is 1. The summed E-state index contributed by atoms with van der Waals surface area (Å²) in [7, 11) is 0. The van der Waals surface area contributed by atoms with Gasteiger partial charge in [-0.25, -0.2) is 9.69 Å². The van der Waals surface area contributed by atoms with Crippen molar-refractivity contribution >= 4 is 18.0 Å². The fourth-order valence-corrected chi connectivity index (χ4v) is 0.988. The van der Waals surface area contributed by atoms with Crippen molar-refractivity contribution in [2.45, 2.75) is 25.8 Å². The maximum Gasteiger partial charge on any atom is 0.414 e. The SMILES string of the molecule is CCN(C(=O)O)C(=O)C(N)CCC(=O)O. The van der Waals surface area contributed by atoms with Crippen molar-refractivity contribution in [3.05, 3.63) is 0 Å². The van der Waals surface area contributed by atoms with E-state index in [-0.39, 0.29) is 19.4 Å². The van der Waals surface area contributed by atoms with Crippen LogP contribution < -0.4 is 5.73 Å². The molecule has 15 heavy (non-hydrogen) atoms. The van der Waals surface area contributed by atoms with Crippen LogP contribution in [0.15, 0.2) is 0 Å². The van der Waals surface area contributed by atoms with Crippen molar-refractivity contribution in [1.82, 2.24) is 4.90 Å². The molecular formula is C8H14N2O5. The fourth-order valence-electron chi connectivity index (χ4n) is 0.988. The predicted molar refractivity (Wildman–Crippen MR) is 50.3 cm³/mol. The molecule has 0 rings (SSSR count). The van der Waals surface area contributed by atoms with E-state index in [9.17, 15) is 14.4 Å². The summed E-state index contributed by atoms with van der Waals surface area (Å²) < 4.78 is 0. The summed E-state index contributed by atoms with van der Waals surface area (Å²) in [5, 5.41) is 17.0. The lowest BCUT2D eigenvalue weighted by molar-refractivity contribution is -0.137. The van der Waals surface area contributed by atoms with Crippen molar-refractivity contribution in [2.24, 2.45) is 5.73 Å². The van der Waals surface area contributed by atoms with Crippen molar-refractivity contribution in [3.8, 4) is 0 Å². The number of nitrogens with two attached hydrogens (primary N) is 1. The van der Waals surface area contributed by atoms with Gasteiger partial charge in [-0.3, -0.25) is 9.59 Å². The minimum Gasteiger partial charge on any atom is -0.481 e. The van der Waals surface area contributed by atoms with Crippen molar-refractivity contribution in [3.63, 3.8) is 0 Å². The predicted octanol–water partition coefficient (Wildman–Crippen LogP) is -0.295. The molecule has 0 aliphatic rings. The Morgan fingerprint density at radius 2 is 1.87 bits per heavy atom. The van der Waals surface area contributed by atoms with Gasteiger partial charge in [-0.2, -0.15) is 0 Å².